The number of alkyl halides is 3. The predicted molar refractivity (Wildman–Crippen MR) is 69.1 cm³/mol. The van der Waals surface area contributed by atoms with Gasteiger partial charge in [-0.25, -0.2) is 4.99 Å². The highest BCUT2D eigenvalue weighted by Gasteiger charge is 2.33. The first kappa shape index (κ1) is 15.4. The van der Waals surface area contributed by atoms with Crippen molar-refractivity contribution in [1.82, 2.24) is 0 Å². The molecule has 0 bridgehead atoms. The molecule has 0 heterocycles. The molecule has 5 heteroatoms. The van der Waals surface area contributed by atoms with Crippen LogP contribution in [0.15, 0.2) is 41.0 Å². The minimum Gasteiger partial charge on any atom is -0.389 e. The second kappa shape index (κ2) is 6.02. The van der Waals surface area contributed by atoms with E-state index in [1.165, 1.54) is 13.8 Å². The van der Waals surface area contributed by atoms with Gasteiger partial charge in [0.05, 0.1) is 6.10 Å². The number of rotatable bonds is 3. The maximum absolute atomic E-state index is 12.6. The molecule has 0 aliphatic carbocycles. The third-order valence-electron chi connectivity index (χ3n) is 2.66. The van der Waals surface area contributed by atoms with Gasteiger partial charge in [0.25, 0.3) is 0 Å². The molecule has 0 amide bonds. The molecule has 1 unspecified atom stereocenters. The van der Waals surface area contributed by atoms with Crippen molar-refractivity contribution in [3.05, 3.63) is 47.2 Å². The molecule has 1 aromatic rings. The van der Waals surface area contributed by atoms with Crippen molar-refractivity contribution < 1.29 is 18.3 Å². The predicted octanol–water partition coefficient (Wildman–Crippen LogP) is 4.02. The van der Waals surface area contributed by atoms with Gasteiger partial charge < -0.3 is 5.11 Å². The number of allylic oxidation sites excluding steroid dienone is 2. The molecule has 1 N–H and O–H groups in total. The summed E-state index contributed by atoms with van der Waals surface area (Å²) in [7, 11) is 0. The van der Waals surface area contributed by atoms with Crippen LogP contribution in [0.5, 0.6) is 0 Å². The molecule has 1 atom stereocenters. The number of aliphatic imine (C=N–C) groups is 1. The number of halogens is 3. The average molecular weight is 271 g/mol. The van der Waals surface area contributed by atoms with Crippen molar-refractivity contribution >= 4 is 5.71 Å². The maximum atomic E-state index is 12.6. The summed E-state index contributed by atoms with van der Waals surface area (Å²) >= 11 is 0. The number of hydrogen-bond donors (Lipinski definition) is 1. The van der Waals surface area contributed by atoms with E-state index in [9.17, 15) is 18.3 Å². The largest absolute Gasteiger partial charge is 0.433 e. The van der Waals surface area contributed by atoms with Crippen LogP contribution in [0.4, 0.5) is 13.2 Å². The van der Waals surface area contributed by atoms with Gasteiger partial charge in [-0.05, 0) is 31.9 Å². The third-order valence-corrected chi connectivity index (χ3v) is 2.66. The van der Waals surface area contributed by atoms with E-state index in [2.05, 4.69) is 4.99 Å². The van der Waals surface area contributed by atoms with E-state index in [0.717, 1.165) is 6.08 Å². The fraction of sp³-hybridized carbons (Fsp3) is 0.357. The number of hydrogen-bond acceptors (Lipinski definition) is 2. The van der Waals surface area contributed by atoms with Crippen LogP contribution in [-0.4, -0.2) is 17.0 Å². The first-order valence-corrected chi connectivity index (χ1v) is 5.83. The summed E-state index contributed by atoms with van der Waals surface area (Å²) in [6.07, 6.45) is -4.11. The number of benzene rings is 1. The Morgan fingerprint density at radius 1 is 1.26 bits per heavy atom. The first-order valence-electron chi connectivity index (χ1n) is 5.83. The standard InChI is InChI=1S/C14H16F3NO/c1-4-13(14(15,16)17)18-9(2)11-5-7-12(8-6-11)10(3)19/h4-8,10,19H,1-3H3/b13-4-,18-9?. The Morgan fingerprint density at radius 2 is 1.79 bits per heavy atom. The first-order chi connectivity index (χ1) is 8.75. The van der Waals surface area contributed by atoms with E-state index >= 15 is 0 Å². The van der Waals surface area contributed by atoms with Gasteiger partial charge in [-0.1, -0.05) is 30.3 Å². The number of nitrogens with zero attached hydrogens (tertiary/aromatic N) is 1. The quantitative estimate of drug-likeness (QED) is 0.827. The monoisotopic (exact) mass is 271 g/mol. The molecule has 0 aliphatic heterocycles. The zero-order valence-corrected chi connectivity index (χ0v) is 11.0. The fourth-order valence-corrected chi connectivity index (χ4v) is 1.54. The van der Waals surface area contributed by atoms with Gasteiger partial charge in [0.2, 0.25) is 0 Å². The molecule has 0 aromatic heterocycles. The van der Waals surface area contributed by atoms with E-state index in [1.807, 2.05) is 0 Å². The summed E-state index contributed by atoms with van der Waals surface area (Å²) in [6, 6.07) is 6.62. The summed E-state index contributed by atoms with van der Waals surface area (Å²) in [6.45, 7) is 4.44. The van der Waals surface area contributed by atoms with E-state index in [-0.39, 0.29) is 5.71 Å². The Hall–Kier alpha value is -1.62. The van der Waals surface area contributed by atoms with Crippen LogP contribution in [0.2, 0.25) is 0 Å². The summed E-state index contributed by atoms with van der Waals surface area (Å²) in [5.41, 5.74) is 0.666. The fourth-order valence-electron chi connectivity index (χ4n) is 1.54. The Labute approximate surface area is 110 Å². The Morgan fingerprint density at radius 3 is 2.16 bits per heavy atom. The second-order valence-electron chi connectivity index (χ2n) is 4.17. The lowest BCUT2D eigenvalue weighted by atomic mass is 10.1. The van der Waals surface area contributed by atoms with Gasteiger partial charge in [-0.15, -0.1) is 0 Å². The summed E-state index contributed by atoms with van der Waals surface area (Å²) in [4.78, 5) is 3.60. The average Bonchev–Trinajstić information content (AvgIpc) is 2.34. The van der Waals surface area contributed by atoms with Crippen molar-refractivity contribution in [2.45, 2.75) is 33.1 Å². The van der Waals surface area contributed by atoms with Crippen LogP contribution in [-0.2, 0) is 0 Å². The lowest BCUT2D eigenvalue weighted by Gasteiger charge is -2.09. The summed E-state index contributed by atoms with van der Waals surface area (Å²) in [5, 5.41) is 9.36. The number of aliphatic hydroxyl groups excluding tert-OH is 1. The SMILES string of the molecule is C/C=C(\N=C(C)c1ccc(C(C)O)cc1)C(F)(F)F. The topological polar surface area (TPSA) is 32.6 Å². The molecule has 0 radical (unpaired) electrons. The lowest BCUT2D eigenvalue weighted by Crippen LogP contribution is -2.11. The zero-order valence-electron chi connectivity index (χ0n) is 11.0. The van der Waals surface area contributed by atoms with Crippen molar-refractivity contribution in [3.8, 4) is 0 Å². The van der Waals surface area contributed by atoms with Crippen molar-refractivity contribution in [2.75, 3.05) is 0 Å². The molecule has 0 fully saturated rings. The molecule has 1 rings (SSSR count). The van der Waals surface area contributed by atoms with E-state index < -0.39 is 18.0 Å². The van der Waals surface area contributed by atoms with Crippen LogP contribution in [0.3, 0.4) is 0 Å². The summed E-state index contributed by atoms with van der Waals surface area (Å²) < 4.78 is 37.7. The van der Waals surface area contributed by atoms with Gasteiger partial charge in [-0.3, -0.25) is 0 Å². The van der Waals surface area contributed by atoms with E-state index in [1.54, 1.807) is 31.2 Å². The minimum absolute atomic E-state index is 0.280. The minimum atomic E-state index is -4.45. The molecule has 104 valence electrons. The van der Waals surface area contributed by atoms with Crippen LogP contribution in [0.1, 0.15) is 38.0 Å². The Kier molecular flexibility index (Phi) is 4.89. The second-order valence-corrected chi connectivity index (χ2v) is 4.17. The Bertz CT molecular complexity index is 484. The highest BCUT2D eigenvalue weighted by atomic mass is 19.4. The highest BCUT2D eigenvalue weighted by molar-refractivity contribution is 5.99. The van der Waals surface area contributed by atoms with Crippen LogP contribution in [0, 0.1) is 0 Å². The van der Waals surface area contributed by atoms with E-state index in [0.29, 0.717) is 11.1 Å². The zero-order chi connectivity index (χ0) is 14.6. The molecule has 0 saturated carbocycles. The Balaban J connectivity index is 3.03. The van der Waals surface area contributed by atoms with Gasteiger partial charge in [0.15, 0.2) is 0 Å². The molecule has 2 nitrogen and oxygen atoms in total. The lowest BCUT2D eigenvalue weighted by molar-refractivity contribution is -0.0924. The van der Waals surface area contributed by atoms with Crippen molar-refractivity contribution in [1.29, 1.82) is 0 Å². The van der Waals surface area contributed by atoms with Crippen molar-refractivity contribution in [3.63, 3.8) is 0 Å². The van der Waals surface area contributed by atoms with Crippen LogP contribution < -0.4 is 0 Å². The molecule has 0 aliphatic rings. The molecule has 1 aromatic carbocycles. The van der Waals surface area contributed by atoms with Crippen molar-refractivity contribution in [2.24, 2.45) is 4.99 Å². The van der Waals surface area contributed by atoms with Gasteiger partial charge in [0.1, 0.15) is 5.70 Å². The molecular weight excluding hydrogens is 255 g/mol. The smallest absolute Gasteiger partial charge is 0.389 e. The molecule has 0 spiro atoms. The van der Waals surface area contributed by atoms with Gasteiger partial charge in [-0.2, -0.15) is 13.2 Å². The normalized spacial score (nSPS) is 15.5. The van der Waals surface area contributed by atoms with Crippen LogP contribution in [0.25, 0.3) is 0 Å². The summed E-state index contributed by atoms with van der Waals surface area (Å²) in [5.74, 6) is 0. The van der Waals surface area contributed by atoms with Crippen LogP contribution >= 0.6 is 0 Å². The third kappa shape index (κ3) is 4.21. The maximum Gasteiger partial charge on any atom is 0.433 e. The molecule has 0 saturated heterocycles. The molecule has 19 heavy (non-hydrogen) atoms. The van der Waals surface area contributed by atoms with E-state index in [4.69, 9.17) is 0 Å². The molecular formula is C14H16F3NO. The van der Waals surface area contributed by atoms with Gasteiger partial charge in [0, 0.05) is 5.71 Å². The number of aliphatic hydroxyl groups is 1. The highest BCUT2D eigenvalue weighted by Crippen LogP contribution is 2.27. The van der Waals surface area contributed by atoms with Gasteiger partial charge >= 0.3 is 6.18 Å².